The van der Waals surface area contributed by atoms with Crippen LogP contribution in [0.25, 0.3) is 0 Å². The smallest absolute Gasteiger partial charge is 0.327 e. The van der Waals surface area contributed by atoms with Crippen molar-refractivity contribution in [3.8, 4) is 0 Å². The number of carbonyl (C=O) groups is 2. The minimum atomic E-state index is -0.960. The highest BCUT2D eigenvalue weighted by Crippen LogP contribution is 2.28. The predicted octanol–water partition coefficient (Wildman–Crippen LogP) is 2.51. The predicted molar refractivity (Wildman–Crippen MR) is 81.6 cm³/mol. The van der Waals surface area contributed by atoms with Gasteiger partial charge < -0.3 is 10.4 Å². The van der Waals surface area contributed by atoms with E-state index in [-0.39, 0.29) is 11.4 Å². The van der Waals surface area contributed by atoms with Crippen molar-refractivity contribution in [3.05, 3.63) is 34.3 Å². The number of hydrogen-bond acceptors (Lipinski definition) is 3. The minimum Gasteiger partial charge on any atom is -0.480 e. The van der Waals surface area contributed by atoms with Gasteiger partial charge in [-0.05, 0) is 18.6 Å². The summed E-state index contributed by atoms with van der Waals surface area (Å²) in [5.74, 6) is -0.531. The summed E-state index contributed by atoms with van der Waals surface area (Å²) in [5, 5.41) is 11.8. The molecule has 0 radical (unpaired) electrons. The lowest BCUT2D eigenvalue weighted by Crippen LogP contribution is -2.49. The summed E-state index contributed by atoms with van der Waals surface area (Å²) in [7, 11) is 0. The Balaban J connectivity index is 2.01. The Kier molecular flexibility index (Phi) is 4.93. The average molecular weight is 359 g/mol. The van der Waals surface area contributed by atoms with Crippen LogP contribution in [-0.2, 0) is 11.3 Å². The summed E-state index contributed by atoms with van der Waals surface area (Å²) in [5.41, 5.74) is 0.951. The number of thioether (sulfide) groups is 1. The molecule has 1 aromatic rings. The second-order valence-electron chi connectivity index (χ2n) is 4.44. The topological polar surface area (TPSA) is 69.6 Å². The van der Waals surface area contributed by atoms with E-state index in [1.807, 2.05) is 31.2 Å². The standard InChI is InChI=1S/C13H15BrN2O3S/c1-8-16(11(7-20-8)12(17)18)13(19)15-6-9-4-2-3-5-10(9)14/h2-5,8,11H,6-7H2,1H3,(H,15,19)(H,17,18). The van der Waals surface area contributed by atoms with Crippen molar-refractivity contribution >= 4 is 39.7 Å². The quantitative estimate of drug-likeness (QED) is 0.870. The molecule has 5 nitrogen and oxygen atoms in total. The number of urea groups is 1. The highest BCUT2D eigenvalue weighted by atomic mass is 79.9. The summed E-state index contributed by atoms with van der Waals surface area (Å²) < 4.78 is 0.916. The molecule has 2 unspecified atom stereocenters. The summed E-state index contributed by atoms with van der Waals surface area (Å²) in [4.78, 5) is 24.7. The molecule has 1 saturated heterocycles. The van der Waals surface area contributed by atoms with E-state index >= 15 is 0 Å². The average Bonchev–Trinajstić information content (AvgIpc) is 2.79. The molecule has 1 aliphatic heterocycles. The maximum Gasteiger partial charge on any atom is 0.327 e. The molecule has 108 valence electrons. The van der Waals surface area contributed by atoms with E-state index in [2.05, 4.69) is 21.2 Å². The van der Waals surface area contributed by atoms with E-state index in [0.717, 1.165) is 10.0 Å². The summed E-state index contributed by atoms with van der Waals surface area (Å²) in [6, 6.07) is 6.49. The normalized spacial score (nSPS) is 21.8. The molecule has 2 amide bonds. The van der Waals surface area contributed by atoms with Crippen molar-refractivity contribution in [1.82, 2.24) is 10.2 Å². The van der Waals surface area contributed by atoms with Crippen LogP contribution in [0.4, 0.5) is 4.79 Å². The zero-order chi connectivity index (χ0) is 14.7. The van der Waals surface area contributed by atoms with Crippen LogP contribution >= 0.6 is 27.7 Å². The first-order valence-corrected chi connectivity index (χ1v) is 7.99. The Morgan fingerprint density at radius 2 is 2.20 bits per heavy atom. The number of aliphatic carboxylic acids is 1. The Morgan fingerprint density at radius 1 is 1.50 bits per heavy atom. The summed E-state index contributed by atoms with van der Waals surface area (Å²) >= 11 is 4.88. The number of halogens is 1. The highest BCUT2D eigenvalue weighted by molar-refractivity contribution is 9.10. The van der Waals surface area contributed by atoms with Crippen molar-refractivity contribution in [2.45, 2.75) is 24.9 Å². The molecule has 1 aromatic carbocycles. The lowest BCUT2D eigenvalue weighted by molar-refractivity contribution is -0.141. The van der Waals surface area contributed by atoms with E-state index < -0.39 is 12.0 Å². The van der Waals surface area contributed by atoms with Crippen molar-refractivity contribution in [1.29, 1.82) is 0 Å². The Morgan fingerprint density at radius 3 is 2.85 bits per heavy atom. The fraction of sp³-hybridized carbons (Fsp3) is 0.385. The Bertz CT molecular complexity index is 526. The molecule has 0 aliphatic carbocycles. The molecule has 1 fully saturated rings. The van der Waals surface area contributed by atoms with Crippen LogP contribution in [0.1, 0.15) is 12.5 Å². The third kappa shape index (κ3) is 3.27. The first-order chi connectivity index (χ1) is 9.50. The lowest BCUT2D eigenvalue weighted by atomic mass is 10.2. The fourth-order valence-corrected chi connectivity index (χ4v) is 3.64. The second-order valence-corrected chi connectivity index (χ2v) is 6.65. The van der Waals surface area contributed by atoms with Crippen molar-refractivity contribution < 1.29 is 14.7 Å². The molecule has 0 aromatic heterocycles. The SMILES string of the molecule is CC1SCC(C(=O)O)N1C(=O)NCc1ccccc1Br. The van der Waals surface area contributed by atoms with Crippen molar-refractivity contribution in [2.75, 3.05) is 5.75 Å². The lowest BCUT2D eigenvalue weighted by Gasteiger charge is -2.25. The molecule has 0 bridgehead atoms. The number of carboxylic acids is 1. The molecule has 7 heteroatoms. The number of carboxylic acid groups (broad SMARTS) is 1. The molecular weight excluding hydrogens is 344 g/mol. The first kappa shape index (κ1) is 15.2. The van der Waals surface area contributed by atoms with Gasteiger partial charge in [-0.1, -0.05) is 34.1 Å². The Labute approximate surface area is 129 Å². The van der Waals surface area contributed by atoms with Crippen molar-refractivity contribution in [2.24, 2.45) is 0 Å². The monoisotopic (exact) mass is 358 g/mol. The first-order valence-electron chi connectivity index (χ1n) is 6.14. The maximum absolute atomic E-state index is 12.2. The van der Waals surface area contributed by atoms with Crippen LogP contribution in [0.3, 0.4) is 0 Å². The number of amides is 2. The number of carbonyl (C=O) groups excluding carboxylic acids is 1. The number of rotatable bonds is 3. The van der Waals surface area contributed by atoms with Crippen LogP contribution in [0.5, 0.6) is 0 Å². The number of hydrogen-bond donors (Lipinski definition) is 2. The summed E-state index contributed by atoms with van der Waals surface area (Å²) in [6.07, 6.45) is 0. The van der Waals surface area contributed by atoms with Crippen LogP contribution in [0.15, 0.2) is 28.7 Å². The van der Waals surface area contributed by atoms with Gasteiger partial charge in [-0.25, -0.2) is 9.59 Å². The molecule has 1 heterocycles. The largest absolute Gasteiger partial charge is 0.480 e. The van der Waals surface area contributed by atoms with Crippen molar-refractivity contribution in [3.63, 3.8) is 0 Å². The maximum atomic E-state index is 12.2. The van der Waals surface area contributed by atoms with Gasteiger partial charge in [0, 0.05) is 16.8 Å². The molecule has 1 aliphatic rings. The van der Waals surface area contributed by atoms with Gasteiger partial charge in [-0.3, -0.25) is 4.90 Å². The second kappa shape index (κ2) is 6.49. The van der Waals surface area contributed by atoms with E-state index in [9.17, 15) is 9.59 Å². The van der Waals surface area contributed by atoms with E-state index in [1.54, 1.807) is 0 Å². The van der Waals surface area contributed by atoms with Crippen LogP contribution in [0.2, 0.25) is 0 Å². The number of nitrogens with zero attached hydrogens (tertiary/aromatic N) is 1. The van der Waals surface area contributed by atoms with E-state index in [0.29, 0.717) is 12.3 Å². The molecule has 2 atom stereocenters. The van der Waals surface area contributed by atoms with Gasteiger partial charge in [-0.15, -0.1) is 11.8 Å². The molecule has 0 spiro atoms. The van der Waals surface area contributed by atoms with E-state index in [1.165, 1.54) is 16.7 Å². The van der Waals surface area contributed by atoms with Gasteiger partial charge in [0.2, 0.25) is 0 Å². The fourth-order valence-electron chi connectivity index (χ4n) is 2.05. The zero-order valence-corrected chi connectivity index (χ0v) is 13.3. The van der Waals surface area contributed by atoms with Crippen LogP contribution in [-0.4, -0.2) is 39.2 Å². The Hall–Kier alpha value is -1.21. The third-order valence-corrected chi connectivity index (χ3v) is 5.12. The van der Waals surface area contributed by atoms with Gasteiger partial charge in [0.15, 0.2) is 0 Å². The third-order valence-electron chi connectivity index (χ3n) is 3.13. The minimum absolute atomic E-state index is 0.129. The van der Waals surface area contributed by atoms with Gasteiger partial charge >= 0.3 is 12.0 Å². The zero-order valence-electron chi connectivity index (χ0n) is 10.9. The molecule has 0 saturated carbocycles. The molecule has 2 rings (SSSR count). The van der Waals surface area contributed by atoms with Crippen LogP contribution < -0.4 is 5.32 Å². The number of nitrogens with one attached hydrogen (secondary N) is 1. The number of benzene rings is 1. The molecular formula is C13H15BrN2O3S. The highest BCUT2D eigenvalue weighted by Gasteiger charge is 2.39. The van der Waals surface area contributed by atoms with Crippen LogP contribution in [0, 0.1) is 0 Å². The van der Waals surface area contributed by atoms with Gasteiger partial charge in [0.25, 0.3) is 0 Å². The summed E-state index contributed by atoms with van der Waals surface area (Å²) in [6.45, 7) is 2.20. The molecule has 2 N–H and O–H groups in total. The van der Waals surface area contributed by atoms with Gasteiger partial charge in [0.05, 0.1) is 5.37 Å². The van der Waals surface area contributed by atoms with Gasteiger partial charge in [0.1, 0.15) is 6.04 Å². The van der Waals surface area contributed by atoms with Gasteiger partial charge in [-0.2, -0.15) is 0 Å². The van der Waals surface area contributed by atoms with E-state index in [4.69, 9.17) is 5.11 Å². The molecule has 20 heavy (non-hydrogen) atoms.